The molecule has 3 rings (SSSR count). The summed E-state index contributed by atoms with van der Waals surface area (Å²) in [6.07, 6.45) is 5.52. The van der Waals surface area contributed by atoms with E-state index < -0.39 is 0 Å². The summed E-state index contributed by atoms with van der Waals surface area (Å²) in [5.41, 5.74) is 3.16. The van der Waals surface area contributed by atoms with E-state index in [-0.39, 0.29) is 11.6 Å². The van der Waals surface area contributed by atoms with E-state index in [0.717, 1.165) is 16.8 Å². The minimum atomic E-state index is -0.343. The Morgan fingerprint density at radius 2 is 2.18 bits per heavy atom. The number of aromatic nitrogens is 2. The SMILES string of the molecule is CCOC(=O)c1cnn2cc(C3=CN(C)C(C)(C)N3)ccc12. The molecule has 2 aromatic rings. The van der Waals surface area contributed by atoms with Gasteiger partial charge in [-0.15, -0.1) is 0 Å². The van der Waals surface area contributed by atoms with E-state index in [1.54, 1.807) is 17.6 Å². The van der Waals surface area contributed by atoms with E-state index in [1.807, 2.05) is 25.4 Å². The number of nitrogens with zero attached hydrogens (tertiary/aromatic N) is 3. The van der Waals surface area contributed by atoms with Crippen molar-refractivity contribution in [1.82, 2.24) is 19.8 Å². The second kappa shape index (κ2) is 5.05. The lowest BCUT2D eigenvalue weighted by atomic mass is 10.2. The molecule has 0 atom stereocenters. The molecule has 0 saturated carbocycles. The first-order chi connectivity index (χ1) is 10.4. The number of pyridine rings is 1. The molecular formula is C16H20N4O2. The molecule has 0 bridgehead atoms. The fourth-order valence-corrected chi connectivity index (χ4v) is 2.46. The number of carbonyl (C=O) groups is 1. The van der Waals surface area contributed by atoms with Crippen molar-refractivity contribution in [2.75, 3.05) is 13.7 Å². The van der Waals surface area contributed by atoms with Crippen molar-refractivity contribution in [2.24, 2.45) is 0 Å². The summed E-state index contributed by atoms with van der Waals surface area (Å²) < 4.78 is 6.75. The predicted molar refractivity (Wildman–Crippen MR) is 84.1 cm³/mol. The number of esters is 1. The molecule has 0 unspecified atom stereocenters. The van der Waals surface area contributed by atoms with Gasteiger partial charge in [-0.25, -0.2) is 9.31 Å². The van der Waals surface area contributed by atoms with Gasteiger partial charge in [0, 0.05) is 25.0 Å². The number of carbonyl (C=O) groups excluding carboxylic acids is 1. The Morgan fingerprint density at radius 1 is 1.41 bits per heavy atom. The molecule has 0 aromatic carbocycles. The third-order valence-electron chi connectivity index (χ3n) is 3.97. The molecule has 116 valence electrons. The molecule has 1 N–H and O–H groups in total. The van der Waals surface area contributed by atoms with Crippen molar-refractivity contribution < 1.29 is 9.53 Å². The lowest BCUT2D eigenvalue weighted by Gasteiger charge is -2.29. The highest BCUT2D eigenvalue weighted by atomic mass is 16.5. The second-order valence-corrected chi connectivity index (χ2v) is 5.86. The number of rotatable bonds is 3. The van der Waals surface area contributed by atoms with Crippen LogP contribution in [-0.2, 0) is 4.74 Å². The normalized spacial score (nSPS) is 16.5. The maximum Gasteiger partial charge on any atom is 0.341 e. The standard InChI is InChI=1S/C16H20N4O2/c1-5-22-15(21)12-8-17-20-9-11(6-7-14(12)20)13-10-19(4)16(2,3)18-13/h6-10,18H,5H2,1-4H3. The zero-order valence-electron chi connectivity index (χ0n) is 13.3. The van der Waals surface area contributed by atoms with Gasteiger partial charge in [0.25, 0.3) is 0 Å². The van der Waals surface area contributed by atoms with Crippen LogP contribution in [0.2, 0.25) is 0 Å². The summed E-state index contributed by atoms with van der Waals surface area (Å²) in [7, 11) is 2.03. The van der Waals surface area contributed by atoms with Crippen molar-refractivity contribution in [3.05, 3.63) is 41.9 Å². The van der Waals surface area contributed by atoms with Crippen molar-refractivity contribution >= 4 is 17.2 Å². The number of hydrogen-bond donors (Lipinski definition) is 1. The van der Waals surface area contributed by atoms with Crippen LogP contribution < -0.4 is 5.32 Å². The van der Waals surface area contributed by atoms with Gasteiger partial charge in [0.15, 0.2) is 0 Å². The van der Waals surface area contributed by atoms with Gasteiger partial charge in [-0.1, -0.05) is 0 Å². The number of ether oxygens (including phenoxy) is 1. The van der Waals surface area contributed by atoms with Crippen LogP contribution in [0.5, 0.6) is 0 Å². The van der Waals surface area contributed by atoms with Gasteiger partial charge >= 0.3 is 5.97 Å². The van der Waals surface area contributed by atoms with Crippen LogP contribution in [0.1, 0.15) is 36.7 Å². The van der Waals surface area contributed by atoms with Crippen molar-refractivity contribution in [2.45, 2.75) is 26.4 Å². The van der Waals surface area contributed by atoms with Gasteiger partial charge in [-0.05, 0) is 32.9 Å². The van der Waals surface area contributed by atoms with Crippen molar-refractivity contribution in [3.8, 4) is 0 Å². The maximum atomic E-state index is 11.9. The Labute approximate surface area is 129 Å². The van der Waals surface area contributed by atoms with Crippen LogP contribution in [-0.4, -0.2) is 39.8 Å². The summed E-state index contributed by atoms with van der Waals surface area (Å²) in [5.74, 6) is -0.343. The molecule has 0 spiro atoms. The first-order valence-corrected chi connectivity index (χ1v) is 7.30. The van der Waals surface area contributed by atoms with E-state index in [0.29, 0.717) is 12.2 Å². The van der Waals surface area contributed by atoms with Crippen molar-refractivity contribution in [3.63, 3.8) is 0 Å². The number of hydrogen-bond acceptors (Lipinski definition) is 5. The van der Waals surface area contributed by atoms with E-state index in [4.69, 9.17) is 4.74 Å². The van der Waals surface area contributed by atoms with Gasteiger partial charge in [0.2, 0.25) is 0 Å². The zero-order valence-corrected chi connectivity index (χ0v) is 13.3. The molecule has 0 saturated heterocycles. The van der Waals surface area contributed by atoms with Gasteiger partial charge in [0.1, 0.15) is 11.2 Å². The summed E-state index contributed by atoms with van der Waals surface area (Å²) in [6.45, 7) is 6.37. The lowest BCUT2D eigenvalue weighted by Crippen LogP contribution is -2.44. The lowest BCUT2D eigenvalue weighted by molar-refractivity contribution is 0.0528. The van der Waals surface area contributed by atoms with Crippen LogP contribution in [0, 0.1) is 0 Å². The molecule has 0 fully saturated rings. The van der Waals surface area contributed by atoms with Gasteiger partial charge < -0.3 is 15.0 Å². The minimum Gasteiger partial charge on any atom is -0.462 e. The monoisotopic (exact) mass is 300 g/mol. The third-order valence-corrected chi connectivity index (χ3v) is 3.97. The Hall–Kier alpha value is -2.50. The molecule has 1 aliphatic rings. The summed E-state index contributed by atoms with van der Waals surface area (Å²) in [5, 5.41) is 7.72. The maximum absolute atomic E-state index is 11.9. The fourth-order valence-electron chi connectivity index (χ4n) is 2.46. The van der Waals surface area contributed by atoms with Crippen LogP contribution >= 0.6 is 0 Å². The quantitative estimate of drug-likeness (QED) is 0.880. The topological polar surface area (TPSA) is 58.9 Å². The zero-order chi connectivity index (χ0) is 15.9. The third kappa shape index (κ3) is 2.30. The molecular weight excluding hydrogens is 280 g/mol. The number of fused-ring (bicyclic) bond motifs is 1. The molecule has 22 heavy (non-hydrogen) atoms. The Bertz CT molecular complexity index is 761. The number of nitrogens with one attached hydrogen (secondary N) is 1. The van der Waals surface area contributed by atoms with Crippen molar-refractivity contribution in [1.29, 1.82) is 0 Å². The summed E-state index contributed by atoms with van der Waals surface area (Å²) >= 11 is 0. The largest absolute Gasteiger partial charge is 0.462 e. The van der Waals surface area contributed by atoms with E-state index in [1.165, 1.54) is 0 Å². The molecule has 1 aliphatic heterocycles. The van der Waals surface area contributed by atoms with Gasteiger partial charge in [-0.2, -0.15) is 5.10 Å². The van der Waals surface area contributed by atoms with E-state index >= 15 is 0 Å². The van der Waals surface area contributed by atoms with Crippen LogP contribution in [0.25, 0.3) is 11.2 Å². The molecule has 0 amide bonds. The smallest absolute Gasteiger partial charge is 0.341 e. The Balaban J connectivity index is 1.96. The first-order valence-electron chi connectivity index (χ1n) is 7.30. The molecule has 0 aliphatic carbocycles. The van der Waals surface area contributed by atoms with Crippen LogP contribution in [0.3, 0.4) is 0 Å². The average molecular weight is 300 g/mol. The molecule has 2 aromatic heterocycles. The van der Waals surface area contributed by atoms with Crippen LogP contribution in [0.4, 0.5) is 0 Å². The minimum absolute atomic E-state index is 0.121. The highest BCUT2D eigenvalue weighted by Gasteiger charge is 2.28. The fraction of sp³-hybridized carbons (Fsp3) is 0.375. The molecule has 6 heteroatoms. The average Bonchev–Trinajstić information content (AvgIpc) is 3.00. The summed E-state index contributed by atoms with van der Waals surface area (Å²) in [6, 6.07) is 3.87. The van der Waals surface area contributed by atoms with E-state index in [9.17, 15) is 4.79 Å². The Morgan fingerprint density at radius 3 is 2.82 bits per heavy atom. The Kier molecular flexibility index (Phi) is 3.31. The highest BCUT2D eigenvalue weighted by molar-refractivity contribution is 5.96. The molecule has 6 nitrogen and oxygen atoms in total. The van der Waals surface area contributed by atoms with Gasteiger partial charge in [-0.3, -0.25) is 0 Å². The molecule has 0 radical (unpaired) electrons. The highest BCUT2D eigenvalue weighted by Crippen LogP contribution is 2.26. The first kappa shape index (κ1) is 14.4. The summed E-state index contributed by atoms with van der Waals surface area (Å²) in [4.78, 5) is 14.0. The van der Waals surface area contributed by atoms with E-state index in [2.05, 4.69) is 35.4 Å². The molecule has 3 heterocycles. The van der Waals surface area contributed by atoms with Gasteiger partial charge in [0.05, 0.1) is 24.0 Å². The predicted octanol–water partition coefficient (Wildman–Crippen LogP) is 2.08. The van der Waals surface area contributed by atoms with Crippen LogP contribution in [0.15, 0.2) is 30.7 Å². The second-order valence-electron chi connectivity index (χ2n) is 5.86.